The van der Waals surface area contributed by atoms with Crippen LogP contribution in [0.1, 0.15) is 16.3 Å². The molecular weight excluding hydrogens is 276 g/mol. The largest absolute Gasteiger partial charge is 0.475 e. The second kappa shape index (κ2) is 5.37. The predicted molar refractivity (Wildman–Crippen MR) is 67.2 cm³/mol. The van der Waals surface area contributed by atoms with Crippen molar-refractivity contribution >= 4 is 28.4 Å². The normalized spacial score (nSPS) is 12.3. The molecule has 0 amide bonds. The first kappa shape index (κ1) is 12.9. The van der Waals surface area contributed by atoms with E-state index in [1.54, 1.807) is 24.3 Å². The molecule has 4 nitrogen and oxygen atoms in total. The van der Waals surface area contributed by atoms with E-state index in [0.717, 1.165) is 0 Å². The van der Waals surface area contributed by atoms with Gasteiger partial charge in [0.15, 0.2) is 0 Å². The summed E-state index contributed by atoms with van der Waals surface area (Å²) in [5, 5.41) is 9.27. The molecule has 1 aromatic carbocycles. The highest BCUT2D eigenvalue weighted by atomic mass is 35.5. The zero-order chi connectivity index (χ0) is 13.1. The standard InChI is InChI=1S/C12H9ClO4S/c13-8-1-4-10(5-2-8)18(16)7-9-3-6-11(17-9)12(14)15/h1-6H,7H2,(H,14,15)/t18-/m1/s1. The second-order valence-corrected chi connectivity index (χ2v) is 5.40. The van der Waals surface area contributed by atoms with Crippen LogP contribution in [0.2, 0.25) is 5.02 Å². The van der Waals surface area contributed by atoms with E-state index in [2.05, 4.69) is 0 Å². The maximum atomic E-state index is 12.0. The Balaban J connectivity index is 2.11. The fourth-order valence-electron chi connectivity index (χ4n) is 1.37. The van der Waals surface area contributed by atoms with Crippen LogP contribution in [0.5, 0.6) is 0 Å². The zero-order valence-corrected chi connectivity index (χ0v) is 10.7. The number of aromatic carboxylic acids is 1. The van der Waals surface area contributed by atoms with E-state index in [4.69, 9.17) is 21.1 Å². The van der Waals surface area contributed by atoms with Crippen molar-refractivity contribution < 1.29 is 18.5 Å². The van der Waals surface area contributed by atoms with Crippen molar-refractivity contribution in [3.05, 3.63) is 52.9 Å². The molecule has 0 aliphatic heterocycles. The van der Waals surface area contributed by atoms with Gasteiger partial charge in [-0.15, -0.1) is 0 Å². The van der Waals surface area contributed by atoms with E-state index in [0.29, 0.717) is 15.7 Å². The number of hydrogen-bond acceptors (Lipinski definition) is 3. The molecule has 0 unspecified atom stereocenters. The van der Waals surface area contributed by atoms with Crippen LogP contribution < -0.4 is 0 Å². The van der Waals surface area contributed by atoms with Gasteiger partial charge in [0.2, 0.25) is 5.76 Å². The Bertz CT molecular complexity index is 588. The van der Waals surface area contributed by atoms with Crippen molar-refractivity contribution in [1.29, 1.82) is 0 Å². The number of benzene rings is 1. The molecule has 0 spiro atoms. The summed E-state index contributed by atoms with van der Waals surface area (Å²) in [5.74, 6) is -0.785. The van der Waals surface area contributed by atoms with Crippen LogP contribution >= 0.6 is 11.6 Å². The Kier molecular flexibility index (Phi) is 3.84. The molecule has 1 N–H and O–H groups in total. The Labute approximate surface area is 111 Å². The molecule has 0 aliphatic rings. The van der Waals surface area contributed by atoms with E-state index >= 15 is 0 Å². The fraction of sp³-hybridized carbons (Fsp3) is 0.0833. The van der Waals surface area contributed by atoms with Crippen LogP contribution in [0.4, 0.5) is 0 Å². The molecule has 2 rings (SSSR count). The van der Waals surface area contributed by atoms with Gasteiger partial charge in [0.1, 0.15) is 5.76 Å². The number of halogens is 1. The van der Waals surface area contributed by atoms with Gasteiger partial charge in [-0.3, -0.25) is 4.21 Å². The Morgan fingerprint density at radius 3 is 2.44 bits per heavy atom. The fourth-order valence-corrected chi connectivity index (χ4v) is 2.52. The molecule has 18 heavy (non-hydrogen) atoms. The first-order chi connectivity index (χ1) is 8.56. The second-order valence-electron chi connectivity index (χ2n) is 3.51. The number of carbonyl (C=O) groups is 1. The SMILES string of the molecule is O=C(O)c1ccc(C[S@@](=O)c2ccc(Cl)cc2)o1. The topological polar surface area (TPSA) is 67.5 Å². The summed E-state index contributed by atoms with van der Waals surface area (Å²) >= 11 is 5.73. The number of furan rings is 1. The molecule has 1 atom stereocenters. The molecule has 0 aliphatic carbocycles. The summed E-state index contributed by atoms with van der Waals surface area (Å²) in [6.07, 6.45) is 0. The maximum absolute atomic E-state index is 12.0. The van der Waals surface area contributed by atoms with E-state index in [9.17, 15) is 9.00 Å². The number of hydrogen-bond donors (Lipinski definition) is 1. The summed E-state index contributed by atoms with van der Waals surface area (Å²) in [5.41, 5.74) is 0. The Hall–Kier alpha value is -1.59. The van der Waals surface area contributed by atoms with Gasteiger partial charge in [0.25, 0.3) is 0 Å². The average Bonchev–Trinajstić information content (AvgIpc) is 2.78. The van der Waals surface area contributed by atoms with E-state index in [1.807, 2.05) is 0 Å². The van der Waals surface area contributed by atoms with Gasteiger partial charge in [0, 0.05) is 9.92 Å². The van der Waals surface area contributed by atoms with Crippen LogP contribution in [-0.2, 0) is 16.6 Å². The average molecular weight is 285 g/mol. The molecule has 1 aromatic heterocycles. The first-order valence-corrected chi connectivity index (χ1v) is 6.72. The lowest BCUT2D eigenvalue weighted by atomic mass is 10.4. The summed E-state index contributed by atoms with van der Waals surface area (Å²) in [7, 11) is -1.29. The predicted octanol–water partition coefficient (Wildman–Crippen LogP) is 2.94. The van der Waals surface area contributed by atoms with Crippen LogP contribution in [0.15, 0.2) is 45.7 Å². The monoisotopic (exact) mass is 284 g/mol. The quantitative estimate of drug-likeness (QED) is 0.937. The van der Waals surface area contributed by atoms with Gasteiger partial charge in [-0.25, -0.2) is 4.79 Å². The van der Waals surface area contributed by atoms with Gasteiger partial charge in [-0.1, -0.05) is 11.6 Å². The molecule has 1 heterocycles. The highest BCUT2D eigenvalue weighted by Crippen LogP contribution is 2.17. The van der Waals surface area contributed by atoms with Gasteiger partial charge < -0.3 is 9.52 Å². The number of carboxylic acid groups (broad SMARTS) is 1. The third kappa shape index (κ3) is 3.00. The Morgan fingerprint density at radius 2 is 1.89 bits per heavy atom. The van der Waals surface area contributed by atoms with Crippen molar-refractivity contribution in [2.24, 2.45) is 0 Å². The van der Waals surface area contributed by atoms with E-state index in [-0.39, 0.29) is 11.5 Å². The van der Waals surface area contributed by atoms with E-state index < -0.39 is 16.8 Å². The van der Waals surface area contributed by atoms with Gasteiger partial charge in [0.05, 0.1) is 16.6 Å². The first-order valence-electron chi connectivity index (χ1n) is 5.02. The van der Waals surface area contributed by atoms with Gasteiger partial charge in [-0.05, 0) is 36.4 Å². The van der Waals surface area contributed by atoms with Crippen molar-refractivity contribution in [3.63, 3.8) is 0 Å². The van der Waals surface area contributed by atoms with Crippen molar-refractivity contribution in [1.82, 2.24) is 0 Å². The Morgan fingerprint density at radius 1 is 1.22 bits per heavy atom. The van der Waals surface area contributed by atoms with E-state index in [1.165, 1.54) is 12.1 Å². The van der Waals surface area contributed by atoms with Crippen LogP contribution in [0.25, 0.3) is 0 Å². The van der Waals surface area contributed by atoms with Crippen LogP contribution in [-0.4, -0.2) is 15.3 Å². The van der Waals surface area contributed by atoms with Gasteiger partial charge >= 0.3 is 5.97 Å². The molecule has 6 heteroatoms. The summed E-state index contributed by atoms with van der Waals surface area (Å²) < 4.78 is 17.0. The summed E-state index contributed by atoms with van der Waals surface area (Å²) in [6.45, 7) is 0. The third-order valence-electron chi connectivity index (χ3n) is 2.22. The number of carboxylic acids is 1. The highest BCUT2D eigenvalue weighted by Gasteiger charge is 2.12. The molecular formula is C12H9ClO4S. The van der Waals surface area contributed by atoms with Crippen molar-refractivity contribution in [2.45, 2.75) is 10.6 Å². The lowest BCUT2D eigenvalue weighted by Crippen LogP contribution is -1.96. The minimum Gasteiger partial charge on any atom is -0.475 e. The highest BCUT2D eigenvalue weighted by molar-refractivity contribution is 7.84. The third-order valence-corrected chi connectivity index (χ3v) is 3.82. The summed E-state index contributed by atoms with van der Waals surface area (Å²) in [6, 6.07) is 9.49. The van der Waals surface area contributed by atoms with Crippen LogP contribution in [0, 0.1) is 0 Å². The van der Waals surface area contributed by atoms with Crippen LogP contribution in [0.3, 0.4) is 0 Å². The minimum absolute atomic E-state index is 0.134. The van der Waals surface area contributed by atoms with Gasteiger partial charge in [-0.2, -0.15) is 0 Å². The molecule has 0 radical (unpaired) electrons. The molecule has 0 saturated heterocycles. The van der Waals surface area contributed by atoms with Crippen molar-refractivity contribution in [3.8, 4) is 0 Å². The number of rotatable bonds is 4. The molecule has 0 fully saturated rings. The zero-order valence-electron chi connectivity index (χ0n) is 9.13. The lowest BCUT2D eigenvalue weighted by molar-refractivity contribution is 0.0661. The molecule has 0 saturated carbocycles. The minimum atomic E-state index is -1.29. The smallest absolute Gasteiger partial charge is 0.371 e. The lowest BCUT2D eigenvalue weighted by Gasteiger charge is -2.00. The molecule has 0 bridgehead atoms. The maximum Gasteiger partial charge on any atom is 0.371 e. The summed E-state index contributed by atoms with van der Waals surface area (Å²) in [4.78, 5) is 11.2. The van der Waals surface area contributed by atoms with Crippen molar-refractivity contribution in [2.75, 3.05) is 0 Å². The molecule has 2 aromatic rings. The molecule has 94 valence electrons.